The molecule has 2 aliphatic rings. The number of carbonyl (C=O) groups excluding carboxylic acids is 2. The quantitative estimate of drug-likeness (QED) is 0.394. The number of methoxy groups -OCH3 is 1. The number of carbonyl (C=O) groups is 2. The van der Waals surface area contributed by atoms with Gasteiger partial charge in [-0.05, 0) is 66.4 Å². The molecule has 5 rings (SSSR count). The molecule has 0 unspecified atom stereocenters. The third-order valence-electron chi connectivity index (χ3n) is 7.56. The first-order valence-corrected chi connectivity index (χ1v) is 12.8. The monoisotopic (exact) mass is 522 g/mol. The number of alkyl halides is 3. The van der Waals surface area contributed by atoms with Gasteiger partial charge in [-0.2, -0.15) is 13.2 Å². The lowest BCUT2D eigenvalue weighted by Gasteiger charge is -2.46. The zero-order valence-corrected chi connectivity index (χ0v) is 21.0. The molecule has 2 atom stereocenters. The zero-order valence-electron chi connectivity index (χ0n) is 21.0. The van der Waals surface area contributed by atoms with Crippen LogP contribution in [-0.2, 0) is 11.0 Å². The maximum Gasteiger partial charge on any atom is 0.416 e. The number of nitrogens with zero attached hydrogens (tertiary/aromatic N) is 1. The third kappa shape index (κ3) is 4.99. The van der Waals surface area contributed by atoms with E-state index in [0.29, 0.717) is 16.9 Å². The maximum atomic E-state index is 14.0. The van der Waals surface area contributed by atoms with Crippen LogP contribution in [0.4, 0.5) is 18.9 Å². The minimum Gasteiger partial charge on any atom is -0.497 e. The Morgan fingerprint density at radius 2 is 1.58 bits per heavy atom. The molecule has 38 heavy (non-hydrogen) atoms. The van der Waals surface area contributed by atoms with Crippen LogP contribution in [-0.4, -0.2) is 29.9 Å². The second-order valence-electron chi connectivity index (χ2n) is 9.85. The van der Waals surface area contributed by atoms with Gasteiger partial charge in [-0.3, -0.25) is 9.59 Å². The number of ether oxygens (including phenoxy) is 1. The maximum absolute atomic E-state index is 14.0. The minimum absolute atomic E-state index is 0.0157. The molecule has 0 aromatic heterocycles. The standard InChI is InChI=1S/C30H29F3N2O3/c1-38-23-17-11-19(12-18-23)27-26(28(36)34-21-15-13-20(14-16-21)30(31,32)33)24-9-5-6-10-25(24)29(37)35(27)22-7-3-2-4-8-22/h5-6,9-18,22,26-27H,2-4,7-8H2,1H3,(H,34,36)/t26-,27+/m0/s1. The van der Waals surface area contributed by atoms with Crippen molar-refractivity contribution in [2.75, 3.05) is 12.4 Å². The summed E-state index contributed by atoms with van der Waals surface area (Å²) in [7, 11) is 1.57. The van der Waals surface area contributed by atoms with Gasteiger partial charge in [0.2, 0.25) is 5.91 Å². The van der Waals surface area contributed by atoms with Crippen molar-refractivity contribution in [1.82, 2.24) is 4.90 Å². The smallest absolute Gasteiger partial charge is 0.416 e. The summed E-state index contributed by atoms with van der Waals surface area (Å²) in [5, 5.41) is 2.82. The first kappa shape index (κ1) is 25.8. The second kappa shape index (κ2) is 10.5. The van der Waals surface area contributed by atoms with Gasteiger partial charge in [0.1, 0.15) is 5.75 Å². The van der Waals surface area contributed by atoms with Crippen molar-refractivity contribution in [2.24, 2.45) is 0 Å². The highest BCUT2D eigenvalue weighted by atomic mass is 19.4. The molecule has 1 saturated carbocycles. The molecule has 8 heteroatoms. The SMILES string of the molecule is COc1ccc([C@@H]2[C@@H](C(=O)Nc3ccc(C(F)(F)F)cc3)c3ccccc3C(=O)N2C2CCCCC2)cc1. The Labute approximate surface area is 219 Å². The van der Waals surface area contributed by atoms with Gasteiger partial charge in [0.25, 0.3) is 5.91 Å². The third-order valence-corrected chi connectivity index (χ3v) is 7.56. The lowest BCUT2D eigenvalue weighted by Crippen LogP contribution is -2.51. The molecule has 2 amide bonds. The molecule has 198 valence electrons. The van der Waals surface area contributed by atoms with E-state index in [1.54, 1.807) is 31.4 Å². The first-order valence-electron chi connectivity index (χ1n) is 12.8. The molecule has 0 bridgehead atoms. The van der Waals surface area contributed by atoms with Crippen LogP contribution < -0.4 is 10.1 Å². The zero-order chi connectivity index (χ0) is 26.9. The van der Waals surface area contributed by atoms with Crippen molar-refractivity contribution in [3.8, 4) is 5.75 Å². The van der Waals surface area contributed by atoms with Crippen LogP contribution in [0.3, 0.4) is 0 Å². The predicted molar refractivity (Wildman–Crippen MR) is 138 cm³/mol. The largest absolute Gasteiger partial charge is 0.497 e. The van der Waals surface area contributed by atoms with E-state index in [0.717, 1.165) is 49.8 Å². The summed E-state index contributed by atoms with van der Waals surface area (Å²) >= 11 is 0. The molecular formula is C30H29F3N2O3. The molecule has 1 heterocycles. The Morgan fingerprint density at radius 1 is 0.921 bits per heavy atom. The Kier molecular flexibility index (Phi) is 7.15. The molecule has 1 aliphatic heterocycles. The van der Waals surface area contributed by atoms with Gasteiger partial charge in [0.15, 0.2) is 0 Å². The van der Waals surface area contributed by atoms with E-state index in [9.17, 15) is 22.8 Å². The Morgan fingerprint density at radius 3 is 2.21 bits per heavy atom. The van der Waals surface area contributed by atoms with Crippen molar-refractivity contribution >= 4 is 17.5 Å². The average Bonchev–Trinajstić information content (AvgIpc) is 2.93. The first-order chi connectivity index (χ1) is 18.3. The van der Waals surface area contributed by atoms with Crippen molar-refractivity contribution < 1.29 is 27.5 Å². The number of fused-ring (bicyclic) bond motifs is 1. The highest BCUT2D eigenvalue weighted by molar-refractivity contribution is 6.04. The van der Waals surface area contributed by atoms with Gasteiger partial charge in [-0.15, -0.1) is 0 Å². The molecule has 0 saturated heterocycles. The minimum atomic E-state index is -4.47. The summed E-state index contributed by atoms with van der Waals surface area (Å²) in [5.74, 6) is -0.592. The second-order valence-corrected chi connectivity index (χ2v) is 9.85. The lowest BCUT2D eigenvalue weighted by atomic mass is 9.77. The lowest BCUT2D eigenvalue weighted by molar-refractivity contribution is -0.137. The summed E-state index contributed by atoms with van der Waals surface area (Å²) in [6, 6.07) is 18.3. The number of hydrogen-bond acceptors (Lipinski definition) is 3. The van der Waals surface area contributed by atoms with Crippen molar-refractivity contribution in [1.29, 1.82) is 0 Å². The number of halogens is 3. The molecule has 3 aromatic rings. The number of benzene rings is 3. The van der Waals surface area contributed by atoms with Crippen LogP contribution in [0.1, 0.15) is 71.1 Å². The number of anilines is 1. The van der Waals surface area contributed by atoms with Crippen molar-refractivity contribution in [2.45, 2.75) is 56.3 Å². The van der Waals surface area contributed by atoms with Gasteiger partial charge in [-0.1, -0.05) is 49.6 Å². The Bertz CT molecular complexity index is 1300. The van der Waals surface area contributed by atoms with Gasteiger partial charge < -0.3 is 15.0 Å². The highest BCUT2D eigenvalue weighted by Gasteiger charge is 2.46. The van der Waals surface area contributed by atoms with E-state index in [-0.39, 0.29) is 23.5 Å². The topological polar surface area (TPSA) is 58.6 Å². The van der Waals surface area contributed by atoms with E-state index in [1.165, 1.54) is 12.1 Å². The number of amides is 2. The molecule has 3 aromatic carbocycles. The van der Waals surface area contributed by atoms with Crippen LogP contribution in [0.15, 0.2) is 72.8 Å². The van der Waals surface area contributed by atoms with Crippen molar-refractivity contribution in [3.63, 3.8) is 0 Å². The normalized spacial score (nSPS) is 20.1. The van der Waals surface area contributed by atoms with E-state index in [4.69, 9.17) is 4.74 Å². The van der Waals surface area contributed by atoms with E-state index in [1.807, 2.05) is 29.2 Å². The van der Waals surface area contributed by atoms with Crippen LogP contribution in [0, 0.1) is 0 Å². The van der Waals surface area contributed by atoms with Crippen LogP contribution >= 0.6 is 0 Å². The van der Waals surface area contributed by atoms with Gasteiger partial charge >= 0.3 is 6.18 Å². The molecule has 1 aliphatic carbocycles. The molecule has 0 radical (unpaired) electrons. The number of rotatable bonds is 5. The van der Waals surface area contributed by atoms with Crippen LogP contribution in [0.5, 0.6) is 5.75 Å². The van der Waals surface area contributed by atoms with Crippen LogP contribution in [0.2, 0.25) is 0 Å². The van der Waals surface area contributed by atoms with Crippen molar-refractivity contribution in [3.05, 3.63) is 95.1 Å². The van der Waals surface area contributed by atoms with Gasteiger partial charge in [0.05, 0.1) is 24.6 Å². The molecule has 0 spiro atoms. The van der Waals surface area contributed by atoms with E-state index >= 15 is 0 Å². The summed E-state index contributed by atoms with van der Waals surface area (Å²) in [6.07, 6.45) is 0.370. The summed E-state index contributed by atoms with van der Waals surface area (Å²) in [5.41, 5.74) is 1.36. The fourth-order valence-corrected chi connectivity index (χ4v) is 5.71. The molecule has 5 nitrogen and oxygen atoms in total. The summed E-state index contributed by atoms with van der Waals surface area (Å²) < 4.78 is 44.5. The van der Waals surface area contributed by atoms with E-state index < -0.39 is 23.7 Å². The Balaban J connectivity index is 1.58. The predicted octanol–water partition coefficient (Wildman–Crippen LogP) is 6.97. The van der Waals surface area contributed by atoms with Crippen LogP contribution in [0.25, 0.3) is 0 Å². The van der Waals surface area contributed by atoms with Gasteiger partial charge in [0, 0.05) is 17.3 Å². The fraction of sp³-hybridized carbons (Fsp3) is 0.333. The average molecular weight is 523 g/mol. The Hall–Kier alpha value is -3.81. The fourth-order valence-electron chi connectivity index (χ4n) is 5.71. The summed E-state index contributed by atoms with van der Waals surface area (Å²) in [6.45, 7) is 0. The van der Waals surface area contributed by atoms with E-state index in [2.05, 4.69) is 5.32 Å². The summed E-state index contributed by atoms with van der Waals surface area (Å²) in [4.78, 5) is 29.8. The number of hydrogen-bond donors (Lipinski definition) is 1. The number of nitrogens with one attached hydrogen (secondary N) is 1. The highest BCUT2D eigenvalue weighted by Crippen LogP contribution is 2.46. The molecule has 1 fully saturated rings. The van der Waals surface area contributed by atoms with Gasteiger partial charge in [-0.25, -0.2) is 0 Å². The molecule has 1 N–H and O–H groups in total. The molecular weight excluding hydrogens is 493 g/mol.